The van der Waals surface area contributed by atoms with Crippen LogP contribution in [0.3, 0.4) is 0 Å². The number of carbonyl (C=O) groups excluding carboxylic acids is 1. The number of nitrogens with zero attached hydrogens (tertiary/aromatic N) is 2. The summed E-state index contributed by atoms with van der Waals surface area (Å²) in [6.07, 6.45) is 1.61. The number of aliphatic hydroxyl groups excluding tert-OH is 1. The first kappa shape index (κ1) is 13.4. The number of anilines is 1. The van der Waals surface area contributed by atoms with E-state index in [4.69, 9.17) is 5.11 Å². The van der Waals surface area contributed by atoms with Gasteiger partial charge in [0.15, 0.2) is 0 Å². The zero-order chi connectivity index (χ0) is 12.8. The van der Waals surface area contributed by atoms with Crippen molar-refractivity contribution in [1.82, 2.24) is 10.3 Å². The zero-order valence-electron chi connectivity index (χ0n) is 10.5. The molecule has 0 saturated heterocycles. The number of hydrogen-bond donors (Lipinski definition) is 2. The molecular weight excluding hydrogens is 218 g/mol. The largest absolute Gasteiger partial charge is 0.396 e. The molecular formula is C12H19N3O2. The van der Waals surface area contributed by atoms with E-state index in [0.29, 0.717) is 12.1 Å². The van der Waals surface area contributed by atoms with Gasteiger partial charge >= 0.3 is 0 Å². The minimum atomic E-state index is -0.143. The second-order valence-corrected chi connectivity index (χ2v) is 4.29. The Balaban J connectivity index is 2.66. The molecule has 0 aliphatic heterocycles. The van der Waals surface area contributed by atoms with Crippen LogP contribution in [0.4, 0.5) is 5.82 Å². The second-order valence-electron chi connectivity index (χ2n) is 4.29. The third-order valence-electron chi connectivity index (χ3n) is 2.39. The summed E-state index contributed by atoms with van der Waals surface area (Å²) in [5, 5.41) is 11.6. The lowest BCUT2D eigenvalue weighted by Crippen LogP contribution is -2.29. The molecule has 0 aliphatic carbocycles. The van der Waals surface area contributed by atoms with Gasteiger partial charge in [-0.15, -0.1) is 0 Å². The molecule has 1 heterocycles. The van der Waals surface area contributed by atoms with Crippen LogP contribution in [0.5, 0.6) is 0 Å². The van der Waals surface area contributed by atoms with Crippen molar-refractivity contribution in [3.63, 3.8) is 0 Å². The van der Waals surface area contributed by atoms with E-state index in [1.807, 2.05) is 25.9 Å². The second kappa shape index (κ2) is 6.20. The number of carbonyl (C=O) groups is 1. The van der Waals surface area contributed by atoms with Crippen LogP contribution in [0.2, 0.25) is 0 Å². The lowest BCUT2D eigenvalue weighted by molar-refractivity contribution is 0.0942. The molecule has 0 radical (unpaired) electrons. The molecule has 1 amide bonds. The van der Waals surface area contributed by atoms with E-state index in [1.165, 1.54) is 0 Å². The molecule has 1 atom stereocenters. The number of pyridine rings is 1. The lowest BCUT2D eigenvalue weighted by Gasteiger charge is -2.13. The molecule has 0 spiro atoms. The van der Waals surface area contributed by atoms with E-state index in [-0.39, 0.29) is 18.4 Å². The summed E-state index contributed by atoms with van der Waals surface area (Å²) in [5.74, 6) is 0.665. The average molecular weight is 237 g/mol. The summed E-state index contributed by atoms with van der Waals surface area (Å²) in [6.45, 7) is 2.41. The molecule has 5 heteroatoms. The molecule has 94 valence electrons. The van der Waals surface area contributed by atoms with Crippen LogP contribution >= 0.6 is 0 Å². The van der Waals surface area contributed by atoms with E-state index in [9.17, 15) is 4.79 Å². The Morgan fingerprint density at radius 1 is 1.59 bits per heavy atom. The number of aliphatic hydroxyl groups is 1. The molecule has 0 aliphatic rings. The molecule has 1 aromatic rings. The molecule has 5 nitrogen and oxygen atoms in total. The smallest absolute Gasteiger partial charge is 0.251 e. The summed E-state index contributed by atoms with van der Waals surface area (Å²) >= 11 is 0. The van der Waals surface area contributed by atoms with Crippen LogP contribution in [-0.2, 0) is 0 Å². The van der Waals surface area contributed by atoms with Gasteiger partial charge in [0.05, 0.1) is 0 Å². The molecule has 2 N–H and O–H groups in total. The Kier molecular flexibility index (Phi) is 4.90. The van der Waals surface area contributed by atoms with Crippen molar-refractivity contribution in [2.45, 2.75) is 6.92 Å². The fourth-order valence-corrected chi connectivity index (χ4v) is 1.24. The van der Waals surface area contributed by atoms with Crippen LogP contribution in [0.15, 0.2) is 18.3 Å². The fraction of sp³-hybridized carbons (Fsp3) is 0.500. The Morgan fingerprint density at radius 2 is 2.29 bits per heavy atom. The van der Waals surface area contributed by atoms with Crippen molar-refractivity contribution in [3.8, 4) is 0 Å². The molecule has 0 saturated carbocycles. The van der Waals surface area contributed by atoms with Crippen LogP contribution < -0.4 is 10.2 Å². The number of rotatable bonds is 5. The summed E-state index contributed by atoms with van der Waals surface area (Å²) in [6, 6.07) is 3.41. The van der Waals surface area contributed by atoms with Gasteiger partial charge < -0.3 is 15.3 Å². The number of nitrogens with one attached hydrogen (secondary N) is 1. The SMILES string of the molecule is CC(CO)CNC(=O)c1ccnc(N(C)C)c1. The minimum absolute atomic E-state index is 0.0640. The molecule has 1 unspecified atom stereocenters. The molecule has 17 heavy (non-hydrogen) atoms. The molecule has 0 fully saturated rings. The summed E-state index contributed by atoms with van der Waals surface area (Å²) in [5.41, 5.74) is 0.578. The highest BCUT2D eigenvalue weighted by molar-refractivity contribution is 5.94. The number of hydrogen-bond acceptors (Lipinski definition) is 4. The first-order valence-electron chi connectivity index (χ1n) is 5.57. The third kappa shape index (κ3) is 4.03. The van der Waals surface area contributed by atoms with Gasteiger partial charge in [0.2, 0.25) is 0 Å². The molecule has 1 rings (SSSR count). The summed E-state index contributed by atoms with van der Waals surface area (Å²) in [4.78, 5) is 17.8. The molecule has 0 bridgehead atoms. The van der Waals surface area contributed by atoms with E-state index in [1.54, 1.807) is 18.3 Å². The summed E-state index contributed by atoms with van der Waals surface area (Å²) in [7, 11) is 3.75. The van der Waals surface area contributed by atoms with Gasteiger partial charge in [-0.25, -0.2) is 4.98 Å². The van der Waals surface area contributed by atoms with E-state index < -0.39 is 0 Å². The van der Waals surface area contributed by atoms with E-state index in [0.717, 1.165) is 5.82 Å². The van der Waals surface area contributed by atoms with Crippen molar-refractivity contribution in [1.29, 1.82) is 0 Å². The van der Waals surface area contributed by atoms with Gasteiger partial charge in [-0.2, -0.15) is 0 Å². The van der Waals surface area contributed by atoms with Gasteiger partial charge in [0.25, 0.3) is 5.91 Å². The molecule has 1 aromatic heterocycles. The van der Waals surface area contributed by atoms with Gasteiger partial charge in [-0.1, -0.05) is 6.92 Å². The van der Waals surface area contributed by atoms with Crippen molar-refractivity contribution < 1.29 is 9.90 Å². The fourth-order valence-electron chi connectivity index (χ4n) is 1.24. The first-order valence-corrected chi connectivity index (χ1v) is 5.57. The maximum atomic E-state index is 11.8. The highest BCUT2D eigenvalue weighted by atomic mass is 16.3. The van der Waals surface area contributed by atoms with E-state index in [2.05, 4.69) is 10.3 Å². The Bertz CT molecular complexity index is 380. The quantitative estimate of drug-likeness (QED) is 0.783. The molecule has 0 aromatic carbocycles. The number of aromatic nitrogens is 1. The highest BCUT2D eigenvalue weighted by Gasteiger charge is 2.08. The van der Waals surface area contributed by atoms with Crippen LogP contribution in [0.25, 0.3) is 0 Å². The topological polar surface area (TPSA) is 65.5 Å². The maximum absolute atomic E-state index is 11.8. The van der Waals surface area contributed by atoms with Crippen molar-refractivity contribution in [2.24, 2.45) is 5.92 Å². The van der Waals surface area contributed by atoms with Gasteiger partial charge in [0.1, 0.15) is 5.82 Å². The average Bonchev–Trinajstić information content (AvgIpc) is 2.35. The van der Waals surface area contributed by atoms with E-state index >= 15 is 0 Å². The van der Waals surface area contributed by atoms with Crippen LogP contribution in [0, 0.1) is 5.92 Å². The maximum Gasteiger partial charge on any atom is 0.251 e. The Morgan fingerprint density at radius 3 is 2.88 bits per heavy atom. The van der Waals surface area contributed by atoms with Gasteiger partial charge in [-0.3, -0.25) is 4.79 Å². The minimum Gasteiger partial charge on any atom is -0.396 e. The van der Waals surface area contributed by atoms with Crippen molar-refractivity contribution in [3.05, 3.63) is 23.9 Å². The van der Waals surface area contributed by atoms with Gasteiger partial charge in [-0.05, 0) is 18.1 Å². The predicted octanol–water partition coefficient (Wildman–Crippen LogP) is 0.506. The zero-order valence-corrected chi connectivity index (χ0v) is 10.5. The summed E-state index contributed by atoms with van der Waals surface area (Å²) < 4.78 is 0. The Hall–Kier alpha value is -1.62. The third-order valence-corrected chi connectivity index (χ3v) is 2.39. The predicted molar refractivity (Wildman–Crippen MR) is 67.1 cm³/mol. The van der Waals surface area contributed by atoms with Crippen LogP contribution in [-0.4, -0.2) is 43.2 Å². The Labute approximate surface area is 101 Å². The first-order chi connectivity index (χ1) is 8.04. The standard InChI is InChI=1S/C12H19N3O2/c1-9(8-16)7-14-12(17)10-4-5-13-11(6-10)15(2)3/h4-6,9,16H,7-8H2,1-3H3,(H,14,17). The van der Waals surface area contributed by atoms with Crippen molar-refractivity contribution in [2.75, 3.05) is 32.1 Å². The number of amides is 1. The monoisotopic (exact) mass is 237 g/mol. The lowest BCUT2D eigenvalue weighted by atomic mass is 10.2. The van der Waals surface area contributed by atoms with Gasteiger partial charge in [0, 0.05) is 39.0 Å². The van der Waals surface area contributed by atoms with Crippen molar-refractivity contribution >= 4 is 11.7 Å². The normalized spacial score (nSPS) is 12.0. The highest BCUT2D eigenvalue weighted by Crippen LogP contribution is 2.09. The van der Waals surface area contributed by atoms with Crippen LogP contribution in [0.1, 0.15) is 17.3 Å².